The highest BCUT2D eigenvalue weighted by molar-refractivity contribution is 6.11. The van der Waals surface area contributed by atoms with Crippen molar-refractivity contribution in [2.75, 3.05) is 0 Å². The third-order valence-electron chi connectivity index (χ3n) is 9.50. The minimum Gasteiger partial charge on any atom is -0.309 e. The molecule has 0 radical (unpaired) electrons. The predicted molar refractivity (Wildman–Crippen MR) is 206 cm³/mol. The molecule has 0 amide bonds. The van der Waals surface area contributed by atoms with Crippen molar-refractivity contribution >= 4 is 21.8 Å². The van der Waals surface area contributed by atoms with Crippen LogP contribution in [0.4, 0.5) is 8.78 Å². The van der Waals surface area contributed by atoms with Gasteiger partial charge in [-0.05, 0) is 77.2 Å². The SMILES string of the molecule is Cc1ccccc1-c1ccc2c(c1)c1ccccc1n2-c1ccc(-c2cc(F)cc(F)c2)cc1-c1nc(-c2ccccc2)nc(-c2ccccc2)n1. The average molecular weight is 677 g/mol. The second-order valence-electron chi connectivity index (χ2n) is 12.8. The van der Waals surface area contributed by atoms with Crippen LogP contribution in [0.15, 0.2) is 164 Å². The van der Waals surface area contributed by atoms with Crippen LogP contribution in [0.25, 0.3) is 83.9 Å². The first-order chi connectivity index (χ1) is 25.5. The molecule has 9 rings (SSSR count). The summed E-state index contributed by atoms with van der Waals surface area (Å²) in [7, 11) is 0. The molecule has 0 saturated heterocycles. The van der Waals surface area contributed by atoms with Crippen LogP contribution in [-0.4, -0.2) is 19.5 Å². The summed E-state index contributed by atoms with van der Waals surface area (Å²) in [6.45, 7) is 2.13. The van der Waals surface area contributed by atoms with E-state index in [9.17, 15) is 8.78 Å². The van der Waals surface area contributed by atoms with Gasteiger partial charge in [0.1, 0.15) is 11.6 Å². The molecule has 7 aromatic carbocycles. The van der Waals surface area contributed by atoms with Gasteiger partial charge in [0, 0.05) is 33.5 Å². The van der Waals surface area contributed by atoms with Crippen LogP contribution in [0.5, 0.6) is 0 Å². The lowest BCUT2D eigenvalue weighted by Gasteiger charge is -2.16. The van der Waals surface area contributed by atoms with Gasteiger partial charge in [0.2, 0.25) is 0 Å². The van der Waals surface area contributed by atoms with Crippen molar-refractivity contribution in [1.82, 2.24) is 19.5 Å². The van der Waals surface area contributed by atoms with Crippen LogP contribution in [0.1, 0.15) is 5.56 Å². The second-order valence-corrected chi connectivity index (χ2v) is 12.8. The highest BCUT2D eigenvalue weighted by Gasteiger charge is 2.21. The van der Waals surface area contributed by atoms with Crippen molar-refractivity contribution < 1.29 is 8.78 Å². The summed E-state index contributed by atoms with van der Waals surface area (Å²) in [4.78, 5) is 15.1. The first kappa shape index (κ1) is 31.2. The summed E-state index contributed by atoms with van der Waals surface area (Å²) >= 11 is 0. The van der Waals surface area contributed by atoms with E-state index in [1.807, 2.05) is 84.9 Å². The van der Waals surface area contributed by atoms with Gasteiger partial charge in [-0.15, -0.1) is 0 Å². The topological polar surface area (TPSA) is 43.6 Å². The van der Waals surface area contributed by atoms with E-state index in [4.69, 9.17) is 15.0 Å². The smallest absolute Gasteiger partial charge is 0.166 e. The van der Waals surface area contributed by atoms with Crippen molar-refractivity contribution in [3.8, 4) is 62.1 Å². The summed E-state index contributed by atoms with van der Waals surface area (Å²) < 4.78 is 31.4. The van der Waals surface area contributed by atoms with Crippen LogP contribution in [0.2, 0.25) is 0 Å². The van der Waals surface area contributed by atoms with Gasteiger partial charge in [-0.3, -0.25) is 0 Å². The molecule has 0 atom stereocenters. The molecule has 2 heterocycles. The molecule has 52 heavy (non-hydrogen) atoms. The molecule has 0 N–H and O–H groups in total. The second kappa shape index (κ2) is 12.8. The lowest BCUT2D eigenvalue weighted by molar-refractivity contribution is 0.584. The van der Waals surface area contributed by atoms with Crippen molar-refractivity contribution in [3.63, 3.8) is 0 Å². The molecular formula is C46H30F2N4. The van der Waals surface area contributed by atoms with E-state index in [0.717, 1.165) is 50.2 Å². The number of halogens is 2. The number of hydrogen-bond acceptors (Lipinski definition) is 3. The summed E-state index contributed by atoms with van der Waals surface area (Å²) in [6, 6.07) is 52.3. The fourth-order valence-electron chi connectivity index (χ4n) is 7.04. The van der Waals surface area contributed by atoms with Crippen molar-refractivity contribution in [2.45, 2.75) is 6.92 Å². The monoisotopic (exact) mass is 676 g/mol. The Balaban J connectivity index is 1.35. The third kappa shape index (κ3) is 5.60. The number of nitrogens with zero attached hydrogens (tertiary/aromatic N) is 4. The predicted octanol–water partition coefficient (Wildman–Crippen LogP) is 11.9. The molecule has 0 aliphatic heterocycles. The molecule has 0 aliphatic carbocycles. The Morgan fingerprint density at radius 2 is 0.981 bits per heavy atom. The summed E-state index contributed by atoms with van der Waals surface area (Å²) in [6.07, 6.45) is 0. The minimum atomic E-state index is -0.648. The molecule has 4 nitrogen and oxygen atoms in total. The Kier molecular flexibility index (Phi) is 7.70. The Morgan fingerprint density at radius 1 is 0.404 bits per heavy atom. The number of para-hydroxylation sites is 1. The van der Waals surface area contributed by atoms with Gasteiger partial charge in [-0.2, -0.15) is 0 Å². The minimum absolute atomic E-state index is 0.413. The Morgan fingerprint density at radius 3 is 1.67 bits per heavy atom. The fourth-order valence-corrected chi connectivity index (χ4v) is 7.04. The maximum absolute atomic E-state index is 14.6. The summed E-state index contributed by atoms with van der Waals surface area (Å²) in [5.41, 5.74) is 9.76. The van der Waals surface area contributed by atoms with Gasteiger partial charge >= 0.3 is 0 Å². The highest BCUT2D eigenvalue weighted by Crippen LogP contribution is 2.40. The van der Waals surface area contributed by atoms with Gasteiger partial charge in [-0.25, -0.2) is 23.7 Å². The van der Waals surface area contributed by atoms with Crippen molar-refractivity contribution in [2.24, 2.45) is 0 Å². The Hall–Kier alpha value is -6.79. The van der Waals surface area contributed by atoms with E-state index in [1.54, 1.807) is 0 Å². The van der Waals surface area contributed by atoms with E-state index in [1.165, 1.54) is 23.3 Å². The molecule has 2 aromatic heterocycles. The van der Waals surface area contributed by atoms with Crippen LogP contribution in [0.3, 0.4) is 0 Å². The largest absolute Gasteiger partial charge is 0.309 e. The van der Waals surface area contributed by atoms with Crippen LogP contribution in [0, 0.1) is 18.6 Å². The molecule has 0 unspecified atom stereocenters. The van der Waals surface area contributed by atoms with Gasteiger partial charge in [0.25, 0.3) is 0 Å². The van der Waals surface area contributed by atoms with Gasteiger partial charge in [0.05, 0.1) is 16.7 Å². The van der Waals surface area contributed by atoms with Gasteiger partial charge < -0.3 is 4.57 Å². The molecule has 0 bridgehead atoms. The van der Waals surface area contributed by atoms with Gasteiger partial charge in [0.15, 0.2) is 17.5 Å². The Bertz CT molecular complexity index is 2700. The lowest BCUT2D eigenvalue weighted by Crippen LogP contribution is -2.04. The van der Waals surface area contributed by atoms with E-state index in [0.29, 0.717) is 34.2 Å². The summed E-state index contributed by atoms with van der Waals surface area (Å²) in [5.74, 6) is 0.171. The van der Waals surface area contributed by atoms with Gasteiger partial charge in [-0.1, -0.05) is 115 Å². The van der Waals surface area contributed by atoms with E-state index < -0.39 is 11.6 Å². The van der Waals surface area contributed by atoms with Crippen LogP contribution in [-0.2, 0) is 0 Å². The number of fused-ring (bicyclic) bond motifs is 3. The maximum Gasteiger partial charge on any atom is 0.166 e. The van der Waals surface area contributed by atoms with E-state index >= 15 is 0 Å². The molecular weight excluding hydrogens is 647 g/mol. The molecule has 248 valence electrons. The number of hydrogen-bond donors (Lipinski definition) is 0. The molecule has 0 saturated carbocycles. The van der Waals surface area contributed by atoms with Crippen LogP contribution >= 0.6 is 0 Å². The lowest BCUT2D eigenvalue weighted by atomic mass is 9.99. The van der Waals surface area contributed by atoms with Crippen molar-refractivity contribution in [3.05, 3.63) is 181 Å². The normalized spacial score (nSPS) is 11.4. The number of benzene rings is 7. The Labute approximate surface area is 299 Å². The molecule has 9 aromatic rings. The van der Waals surface area contributed by atoms with E-state index in [-0.39, 0.29) is 0 Å². The molecule has 0 aliphatic rings. The van der Waals surface area contributed by atoms with Crippen molar-refractivity contribution in [1.29, 1.82) is 0 Å². The average Bonchev–Trinajstić information content (AvgIpc) is 3.51. The zero-order valence-corrected chi connectivity index (χ0v) is 28.1. The zero-order chi connectivity index (χ0) is 35.2. The third-order valence-corrected chi connectivity index (χ3v) is 9.50. The summed E-state index contributed by atoms with van der Waals surface area (Å²) in [5, 5.41) is 2.20. The molecule has 0 fully saturated rings. The maximum atomic E-state index is 14.6. The fraction of sp³-hybridized carbons (Fsp3) is 0.0217. The number of aryl methyl sites for hydroxylation is 1. The number of rotatable bonds is 6. The molecule has 6 heteroatoms. The first-order valence-corrected chi connectivity index (χ1v) is 17.1. The first-order valence-electron chi connectivity index (χ1n) is 17.1. The standard InChI is InChI=1S/C46H30F2N4/c1-29-12-8-9-17-37(29)33-21-23-42-39(27-33)38-18-10-11-19-41(38)52(42)43-22-20-32(34-24-35(47)28-36(48)25-34)26-40(43)46-50-44(30-13-4-2-5-14-30)49-45(51-46)31-15-6-3-7-16-31/h2-28H,1H3. The highest BCUT2D eigenvalue weighted by atomic mass is 19.1. The quantitative estimate of drug-likeness (QED) is 0.176. The van der Waals surface area contributed by atoms with E-state index in [2.05, 4.69) is 72.2 Å². The molecule has 0 spiro atoms. The number of aromatic nitrogens is 4. The van der Waals surface area contributed by atoms with Crippen LogP contribution < -0.4 is 0 Å². The zero-order valence-electron chi connectivity index (χ0n) is 28.1.